The molecule has 0 aliphatic carbocycles. The molecular weight excluding hydrogens is 697 g/mol. The zero-order valence-electron chi connectivity index (χ0n) is 31.2. The first-order valence-corrected chi connectivity index (χ1v) is 19.0. The van der Waals surface area contributed by atoms with Crippen molar-refractivity contribution in [1.82, 2.24) is 24.5 Å². The number of aromatic nitrogens is 5. The molecular formula is C51H36N6. The highest BCUT2D eigenvalue weighted by atomic mass is 15.1. The average Bonchev–Trinajstić information content (AvgIpc) is 3.62. The van der Waals surface area contributed by atoms with Crippen molar-refractivity contribution in [3.63, 3.8) is 0 Å². The van der Waals surface area contributed by atoms with Gasteiger partial charge in [-0.05, 0) is 119 Å². The number of fused-ring (bicyclic) bond motifs is 3. The fourth-order valence-corrected chi connectivity index (χ4v) is 8.04. The van der Waals surface area contributed by atoms with Crippen LogP contribution in [0.5, 0.6) is 0 Å². The van der Waals surface area contributed by atoms with Gasteiger partial charge in [0.25, 0.3) is 0 Å². The van der Waals surface area contributed by atoms with Crippen LogP contribution in [0.4, 0.5) is 17.1 Å². The Morgan fingerprint density at radius 2 is 0.877 bits per heavy atom. The first kappa shape index (κ1) is 33.8. The zero-order valence-corrected chi connectivity index (χ0v) is 31.2. The van der Waals surface area contributed by atoms with Crippen LogP contribution in [-0.2, 0) is 0 Å². The molecule has 0 bridgehead atoms. The van der Waals surface area contributed by atoms with Crippen molar-refractivity contribution >= 4 is 38.9 Å². The minimum atomic E-state index is 0.976. The third kappa shape index (κ3) is 6.29. The summed E-state index contributed by atoms with van der Waals surface area (Å²) in [6, 6.07) is 58.7. The van der Waals surface area contributed by atoms with Crippen LogP contribution >= 0.6 is 0 Å². The van der Waals surface area contributed by atoms with Crippen LogP contribution < -0.4 is 4.90 Å². The molecule has 7 aromatic carbocycles. The lowest BCUT2D eigenvalue weighted by Crippen LogP contribution is -2.09. The molecule has 0 atom stereocenters. The summed E-state index contributed by atoms with van der Waals surface area (Å²) in [5.41, 5.74) is 16.5. The van der Waals surface area contributed by atoms with Crippen LogP contribution in [0.2, 0.25) is 0 Å². The van der Waals surface area contributed by atoms with Gasteiger partial charge in [-0.25, -0.2) is 19.9 Å². The summed E-state index contributed by atoms with van der Waals surface area (Å²) < 4.78 is 2.42. The molecule has 0 unspecified atom stereocenters. The number of para-hydroxylation sites is 3. The summed E-state index contributed by atoms with van der Waals surface area (Å²) in [7, 11) is 0. The van der Waals surface area contributed by atoms with Crippen molar-refractivity contribution < 1.29 is 0 Å². The van der Waals surface area contributed by atoms with Crippen molar-refractivity contribution in [3.05, 3.63) is 207 Å². The third-order valence-electron chi connectivity index (χ3n) is 10.7. The Morgan fingerprint density at radius 1 is 0.386 bits per heavy atom. The van der Waals surface area contributed by atoms with Gasteiger partial charge in [-0.15, -0.1) is 0 Å². The highest BCUT2D eigenvalue weighted by molar-refractivity contribution is 6.11. The number of rotatable bonds is 8. The van der Waals surface area contributed by atoms with Crippen molar-refractivity contribution in [2.24, 2.45) is 0 Å². The second-order valence-electron chi connectivity index (χ2n) is 14.1. The molecule has 0 amide bonds. The molecule has 57 heavy (non-hydrogen) atoms. The summed E-state index contributed by atoms with van der Waals surface area (Å²) in [4.78, 5) is 19.5. The molecule has 6 nitrogen and oxygen atoms in total. The van der Waals surface area contributed by atoms with Gasteiger partial charge in [0, 0.05) is 69.4 Å². The predicted molar refractivity (Wildman–Crippen MR) is 233 cm³/mol. The van der Waals surface area contributed by atoms with Gasteiger partial charge in [0.2, 0.25) is 0 Å². The molecule has 270 valence electrons. The van der Waals surface area contributed by atoms with Gasteiger partial charge < -0.3 is 9.47 Å². The molecule has 0 aliphatic rings. The smallest absolute Gasteiger partial charge is 0.115 e. The van der Waals surface area contributed by atoms with Gasteiger partial charge in [0.1, 0.15) is 12.7 Å². The van der Waals surface area contributed by atoms with E-state index in [0.29, 0.717) is 0 Å². The van der Waals surface area contributed by atoms with E-state index in [-0.39, 0.29) is 0 Å². The highest BCUT2D eigenvalue weighted by Crippen LogP contribution is 2.42. The summed E-state index contributed by atoms with van der Waals surface area (Å²) in [5, 5.41) is 2.37. The maximum atomic E-state index is 4.30. The molecule has 10 aromatic rings. The quantitative estimate of drug-likeness (QED) is 0.156. The minimum absolute atomic E-state index is 0.976. The van der Waals surface area contributed by atoms with E-state index in [1.807, 2.05) is 24.8 Å². The van der Waals surface area contributed by atoms with Gasteiger partial charge >= 0.3 is 0 Å². The fraction of sp³-hybridized carbons (Fsp3) is 0.0196. The average molecular weight is 733 g/mol. The van der Waals surface area contributed by atoms with Gasteiger partial charge in [0.15, 0.2) is 0 Å². The summed E-state index contributed by atoms with van der Waals surface area (Å²) in [6.07, 6.45) is 10.6. The Kier molecular flexibility index (Phi) is 8.61. The molecule has 0 saturated heterocycles. The van der Waals surface area contributed by atoms with Gasteiger partial charge in [-0.2, -0.15) is 0 Å². The second-order valence-corrected chi connectivity index (χ2v) is 14.1. The maximum Gasteiger partial charge on any atom is 0.115 e. The molecule has 6 heteroatoms. The number of hydrogen-bond acceptors (Lipinski definition) is 5. The van der Waals surface area contributed by atoms with Crippen LogP contribution in [0.15, 0.2) is 201 Å². The molecule has 0 spiro atoms. The summed E-state index contributed by atoms with van der Waals surface area (Å²) >= 11 is 0. The Labute approximate surface area is 331 Å². The van der Waals surface area contributed by atoms with E-state index in [9.17, 15) is 0 Å². The number of benzene rings is 7. The Bertz CT molecular complexity index is 2870. The molecule has 10 rings (SSSR count). The zero-order chi connectivity index (χ0) is 38.1. The molecule has 0 radical (unpaired) electrons. The number of anilines is 3. The van der Waals surface area contributed by atoms with E-state index in [2.05, 4.69) is 200 Å². The molecule has 0 fully saturated rings. The molecule has 0 saturated carbocycles. The third-order valence-corrected chi connectivity index (χ3v) is 10.7. The van der Waals surface area contributed by atoms with Gasteiger partial charge in [0.05, 0.1) is 11.0 Å². The van der Waals surface area contributed by atoms with E-state index in [1.54, 1.807) is 12.7 Å². The van der Waals surface area contributed by atoms with Crippen LogP contribution in [-0.4, -0.2) is 24.5 Å². The minimum Gasteiger partial charge on any atom is -0.310 e. The summed E-state index contributed by atoms with van der Waals surface area (Å²) in [5.74, 6) is 0. The first-order chi connectivity index (χ1) is 28.2. The van der Waals surface area contributed by atoms with Crippen LogP contribution in [0, 0.1) is 6.92 Å². The molecule has 3 aromatic heterocycles. The SMILES string of the molecule is Cc1c(-c2cccc(-c3cncnc3)c2)cc(-n2c3ccccc3c3cc(N(c4ccccc4)c4ccccc4)ccc32)cc1-c1cccc(-c2cncnc2)c1. The van der Waals surface area contributed by atoms with Crippen molar-refractivity contribution in [2.45, 2.75) is 6.92 Å². The molecule has 3 heterocycles. The fourth-order valence-electron chi connectivity index (χ4n) is 8.04. The van der Waals surface area contributed by atoms with E-state index < -0.39 is 0 Å². The lowest BCUT2D eigenvalue weighted by atomic mass is 9.90. The van der Waals surface area contributed by atoms with Crippen molar-refractivity contribution in [2.75, 3.05) is 4.90 Å². The Morgan fingerprint density at radius 3 is 1.44 bits per heavy atom. The highest BCUT2D eigenvalue weighted by Gasteiger charge is 2.20. The lowest BCUT2D eigenvalue weighted by molar-refractivity contribution is 1.17. The predicted octanol–water partition coefficient (Wildman–Crippen LogP) is 12.8. The lowest BCUT2D eigenvalue weighted by Gasteiger charge is -2.25. The van der Waals surface area contributed by atoms with Crippen LogP contribution in [0.1, 0.15) is 5.56 Å². The number of hydrogen-bond donors (Lipinski definition) is 0. The van der Waals surface area contributed by atoms with Crippen LogP contribution in [0.3, 0.4) is 0 Å². The molecule has 0 N–H and O–H groups in total. The monoisotopic (exact) mass is 732 g/mol. The topological polar surface area (TPSA) is 59.7 Å². The van der Waals surface area contributed by atoms with Crippen molar-refractivity contribution in [1.29, 1.82) is 0 Å². The van der Waals surface area contributed by atoms with Crippen molar-refractivity contribution in [3.8, 4) is 50.2 Å². The standard InChI is InChI=1S/C51H36N6/c1-35-47(38-14-10-12-36(24-38)40-29-52-33-53-30-40)27-45(28-48(35)39-15-11-13-37(25-39)41-31-54-34-55-32-41)57-50-21-9-8-20-46(50)49-26-44(22-23-51(49)57)56(42-16-4-2-5-17-42)43-18-6-3-7-19-43/h2-34H,1H3. The van der Waals surface area contributed by atoms with Gasteiger partial charge in [-0.3, -0.25) is 0 Å². The maximum absolute atomic E-state index is 4.30. The van der Waals surface area contributed by atoms with E-state index in [4.69, 9.17) is 0 Å². The second kappa shape index (κ2) is 14.5. The van der Waals surface area contributed by atoms with Gasteiger partial charge in [-0.1, -0.05) is 91.0 Å². The molecule has 0 aliphatic heterocycles. The van der Waals surface area contributed by atoms with E-state index in [1.165, 1.54) is 16.3 Å². The normalized spacial score (nSPS) is 11.2. The Hall–Kier alpha value is -7.70. The Balaban J connectivity index is 1.21. The number of nitrogens with zero attached hydrogens (tertiary/aromatic N) is 6. The largest absolute Gasteiger partial charge is 0.310 e. The van der Waals surface area contributed by atoms with E-state index >= 15 is 0 Å². The van der Waals surface area contributed by atoms with Crippen LogP contribution in [0.25, 0.3) is 72.0 Å². The van der Waals surface area contributed by atoms with E-state index in [0.717, 1.165) is 78.3 Å². The summed E-state index contributed by atoms with van der Waals surface area (Å²) in [6.45, 7) is 2.23. The first-order valence-electron chi connectivity index (χ1n) is 19.0.